The van der Waals surface area contributed by atoms with Crippen molar-refractivity contribution >= 4 is 6.03 Å². The molecule has 0 unspecified atom stereocenters. The SMILES string of the molecule is C[C@@H](CNC(=O)N[C@@H]1CCCc2c(O)cccc21)Cn1cccn1. The summed E-state index contributed by atoms with van der Waals surface area (Å²) in [5.41, 5.74) is 1.99. The van der Waals surface area contributed by atoms with Crippen LogP contribution >= 0.6 is 0 Å². The topological polar surface area (TPSA) is 79.2 Å². The highest BCUT2D eigenvalue weighted by atomic mass is 16.3. The Morgan fingerprint density at radius 1 is 1.46 bits per heavy atom. The number of nitrogens with one attached hydrogen (secondary N) is 2. The van der Waals surface area contributed by atoms with Gasteiger partial charge in [0.15, 0.2) is 0 Å². The predicted octanol–water partition coefficient (Wildman–Crippen LogP) is 2.60. The van der Waals surface area contributed by atoms with E-state index in [4.69, 9.17) is 0 Å². The largest absolute Gasteiger partial charge is 0.508 e. The normalized spacial score (nSPS) is 17.8. The molecule has 0 saturated heterocycles. The number of hydrogen-bond donors (Lipinski definition) is 3. The molecule has 0 saturated carbocycles. The van der Waals surface area contributed by atoms with E-state index in [1.807, 2.05) is 29.1 Å². The Labute approximate surface area is 141 Å². The average molecular weight is 328 g/mol. The van der Waals surface area contributed by atoms with E-state index >= 15 is 0 Å². The zero-order chi connectivity index (χ0) is 16.9. The first-order valence-corrected chi connectivity index (χ1v) is 8.46. The number of urea groups is 1. The quantitative estimate of drug-likeness (QED) is 0.789. The Bertz CT molecular complexity index is 684. The molecule has 0 fully saturated rings. The molecule has 2 aromatic rings. The predicted molar refractivity (Wildman–Crippen MR) is 91.7 cm³/mol. The highest BCUT2D eigenvalue weighted by molar-refractivity contribution is 5.74. The molecule has 1 aromatic carbocycles. The fourth-order valence-electron chi connectivity index (χ4n) is 3.25. The van der Waals surface area contributed by atoms with E-state index in [0.29, 0.717) is 18.2 Å². The molecule has 2 atom stereocenters. The Kier molecular flexibility index (Phi) is 5.03. The Hall–Kier alpha value is -2.50. The molecule has 6 heteroatoms. The van der Waals surface area contributed by atoms with Gasteiger partial charge in [-0.3, -0.25) is 4.68 Å². The first kappa shape index (κ1) is 16.4. The van der Waals surface area contributed by atoms with Crippen molar-refractivity contribution in [3.8, 4) is 5.75 Å². The van der Waals surface area contributed by atoms with Crippen molar-refractivity contribution in [3.05, 3.63) is 47.8 Å². The minimum Gasteiger partial charge on any atom is -0.508 e. The van der Waals surface area contributed by atoms with Crippen molar-refractivity contribution in [2.24, 2.45) is 5.92 Å². The van der Waals surface area contributed by atoms with Gasteiger partial charge < -0.3 is 15.7 Å². The Balaban J connectivity index is 1.52. The molecule has 128 valence electrons. The van der Waals surface area contributed by atoms with E-state index in [1.165, 1.54) is 0 Å². The molecule has 2 amide bonds. The molecule has 0 bridgehead atoms. The monoisotopic (exact) mass is 328 g/mol. The molecule has 0 spiro atoms. The van der Waals surface area contributed by atoms with Gasteiger partial charge in [0.05, 0.1) is 6.04 Å². The van der Waals surface area contributed by atoms with Crippen molar-refractivity contribution in [3.63, 3.8) is 0 Å². The summed E-state index contributed by atoms with van der Waals surface area (Å²) in [7, 11) is 0. The molecule has 3 rings (SSSR count). The number of benzene rings is 1. The minimum absolute atomic E-state index is 0.0396. The van der Waals surface area contributed by atoms with Gasteiger partial charge in [-0.1, -0.05) is 19.1 Å². The van der Waals surface area contributed by atoms with Gasteiger partial charge in [0.1, 0.15) is 5.75 Å². The maximum Gasteiger partial charge on any atom is 0.315 e. The van der Waals surface area contributed by atoms with Gasteiger partial charge >= 0.3 is 6.03 Å². The lowest BCUT2D eigenvalue weighted by molar-refractivity contribution is 0.233. The molecule has 1 heterocycles. The van der Waals surface area contributed by atoms with Gasteiger partial charge in [0.25, 0.3) is 0 Å². The fourth-order valence-corrected chi connectivity index (χ4v) is 3.25. The van der Waals surface area contributed by atoms with Gasteiger partial charge in [0, 0.05) is 25.5 Å². The van der Waals surface area contributed by atoms with E-state index in [-0.39, 0.29) is 12.1 Å². The van der Waals surface area contributed by atoms with Crippen LogP contribution in [0.5, 0.6) is 5.75 Å². The third kappa shape index (κ3) is 3.88. The third-order valence-corrected chi connectivity index (χ3v) is 4.46. The summed E-state index contributed by atoms with van der Waals surface area (Å²) in [6.07, 6.45) is 6.39. The lowest BCUT2D eigenvalue weighted by Gasteiger charge is -2.27. The molecular weight excluding hydrogens is 304 g/mol. The molecule has 1 aliphatic rings. The van der Waals surface area contributed by atoms with Gasteiger partial charge in [-0.15, -0.1) is 0 Å². The summed E-state index contributed by atoms with van der Waals surface area (Å²) in [6.45, 7) is 3.44. The van der Waals surface area contributed by atoms with Crippen LogP contribution in [0.15, 0.2) is 36.7 Å². The van der Waals surface area contributed by atoms with Crippen LogP contribution in [0, 0.1) is 5.92 Å². The Morgan fingerprint density at radius 2 is 2.33 bits per heavy atom. The Morgan fingerprint density at radius 3 is 3.12 bits per heavy atom. The van der Waals surface area contributed by atoms with Gasteiger partial charge in [-0.2, -0.15) is 5.10 Å². The molecule has 6 nitrogen and oxygen atoms in total. The lowest BCUT2D eigenvalue weighted by atomic mass is 9.87. The number of rotatable bonds is 5. The van der Waals surface area contributed by atoms with Gasteiger partial charge in [0.2, 0.25) is 0 Å². The number of aromatic nitrogens is 2. The van der Waals surface area contributed by atoms with Crippen LogP contribution in [0.4, 0.5) is 4.79 Å². The number of phenolic OH excluding ortho intramolecular Hbond substituents is 1. The van der Waals surface area contributed by atoms with Crippen LogP contribution in [-0.4, -0.2) is 27.5 Å². The van der Waals surface area contributed by atoms with Crippen molar-refractivity contribution in [1.82, 2.24) is 20.4 Å². The number of amides is 2. The standard InChI is InChI=1S/C18H24N4O2/c1-13(12-22-10-4-9-20-22)11-19-18(24)21-16-7-2-6-15-14(16)5-3-8-17(15)23/h3-5,8-10,13,16,23H,2,6-7,11-12H2,1H3,(H2,19,21,24)/t13-,16+/m0/s1. The molecule has 3 N–H and O–H groups in total. The maximum atomic E-state index is 12.2. The molecule has 1 aliphatic carbocycles. The molecule has 0 radical (unpaired) electrons. The number of phenols is 1. The van der Waals surface area contributed by atoms with Crippen LogP contribution in [0.2, 0.25) is 0 Å². The lowest BCUT2D eigenvalue weighted by Crippen LogP contribution is -2.41. The summed E-state index contributed by atoms with van der Waals surface area (Å²) in [5.74, 6) is 0.616. The number of carbonyl (C=O) groups excluding carboxylic acids is 1. The summed E-state index contributed by atoms with van der Waals surface area (Å²) in [4.78, 5) is 12.2. The zero-order valence-corrected chi connectivity index (χ0v) is 13.9. The second-order valence-electron chi connectivity index (χ2n) is 6.48. The van der Waals surface area contributed by atoms with Crippen LogP contribution in [0.3, 0.4) is 0 Å². The number of aromatic hydroxyl groups is 1. The van der Waals surface area contributed by atoms with Gasteiger partial charge in [-0.05, 0) is 48.4 Å². The molecule has 1 aromatic heterocycles. The summed E-state index contributed by atoms with van der Waals surface area (Å²) in [6, 6.07) is 7.21. The molecule has 24 heavy (non-hydrogen) atoms. The molecule has 0 aliphatic heterocycles. The first-order chi connectivity index (χ1) is 11.6. The number of hydrogen-bond acceptors (Lipinski definition) is 3. The van der Waals surface area contributed by atoms with E-state index in [0.717, 1.165) is 36.9 Å². The second kappa shape index (κ2) is 7.38. The van der Waals surface area contributed by atoms with Crippen LogP contribution < -0.4 is 10.6 Å². The van der Waals surface area contributed by atoms with E-state index < -0.39 is 0 Å². The minimum atomic E-state index is -0.163. The first-order valence-electron chi connectivity index (χ1n) is 8.46. The molecular formula is C18H24N4O2. The fraction of sp³-hybridized carbons (Fsp3) is 0.444. The summed E-state index contributed by atoms with van der Waals surface area (Å²) >= 11 is 0. The van der Waals surface area contributed by atoms with Gasteiger partial charge in [-0.25, -0.2) is 4.79 Å². The van der Waals surface area contributed by atoms with Crippen molar-refractivity contribution in [2.45, 2.75) is 38.8 Å². The summed E-state index contributed by atoms with van der Waals surface area (Å²) < 4.78 is 1.87. The number of nitrogens with zero attached hydrogens (tertiary/aromatic N) is 2. The van der Waals surface area contributed by atoms with E-state index in [2.05, 4.69) is 22.7 Å². The second-order valence-corrected chi connectivity index (χ2v) is 6.48. The number of fused-ring (bicyclic) bond motifs is 1. The number of carbonyl (C=O) groups is 1. The van der Waals surface area contributed by atoms with E-state index in [1.54, 1.807) is 12.3 Å². The zero-order valence-electron chi connectivity index (χ0n) is 13.9. The highest BCUT2D eigenvalue weighted by Crippen LogP contribution is 2.34. The van der Waals surface area contributed by atoms with Crippen molar-refractivity contribution < 1.29 is 9.90 Å². The highest BCUT2D eigenvalue weighted by Gasteiger charge is 2.23. The van der Waals surface area contributed by atoms with Crippen LogP contribution in [0.1, 0.15) is 36.9 Å². The smallest absolute Gasteiger partial charge is 0.315 e. The summed E-state index contributed by atoms with van der Waals surface area (Å²) in [5, 5.41) is 20.1. The van der Waals surface area contributed by atoms with Crippen molar-refractivity contribution in [2.75, 3.05) is 6.54 Å². The van der Waals surface area contributed by atoms with E-state index in [9.17, 15) is 9.90 Å². The maximum absolute atomic E-state index is 12.2. The van der Waals surface area contributed by atoms with Crippen LogP contribution in [0.25, 0.3) is 0 Å². The van der Waals surface area contributed by atoms with Crippen LogP contribution in [-0.2, 0) is 13.0 Å². The third-order valence-electron chi connectivity index (χ3n) is 4.46. The van der Waals surface area contributed by atoms with Crippen molar-refractivity contribution in [1.29, 1.82) is 0 Å². The average Bonchev–Trinajstić information content (AvgIpc) is 3.07.